The van der Waals surface area contributed by atoms with E-state index < -0.39 is 0 Å². The third kappa shape index (κ3) is 6.19. The number of hydrogen-bond donors (Lipinski definition) is 0. The second-order valence-electron chi connectivity index (χ2n) is 10.7. The molecule has 2 aromatic rings. The Kier molecular flexibility index (Phi) is 8.78. The van der Waals surface area contributed by atoms with Crippen molar-refractivity contribution in [1.29, 1.82) is 10.5 Å². The van der Waals surface area contributed by atoms with E-state index in [0.29, 0.717) is 28.6 Å². The van der Waals surface area contributed by atoms with E-state index in [1.54, 1.807) is 24.3 Å². The summed E-state index contributed by atoms with van der Waals surface area (Å²) in [6, 6.07) is 16.4. The summed E-state index contributed by atoms with van der Waals surface area (Å²) in [7, 11) is 2.04. The number of hydrogen-bond acceptors (Lipinski definition) is 7. The smallest absolute Gasteiger partial charge is 0.137 e. The van der Waals surface area contributed by atoms with Crippen LogP contribution in [0.5, 0.6) is 11.5 Å². The average Bonchev–Trinajstić information content (AvgIpc) is 3.01. The lowest BCUT2D eigenvalue weighted by atomic mass is 10.0. The fraction of sp³-hybridized carbons (Fsp3) is 0.243. The highest BCUT2D eigenvalue weighted by Crippen LogP contribution is 2.38. The van der Waals surface area contributed by atoms with Crippen LogP contribution in [0.15, 0.2) is 107 Å². The van der Waals surface area contributed by atoms with Gasteiger partial charge in [0.05, 0.1) is 0 Å². The Bertz CT molecular complexity index is 1780. The minimum Gasteiger partial charge on any atom is -0.457 e. The van der Waals surface area contributed by atoms with Crippen LogP contribution in [-0.2, 0) is 4.74 Å². The Labute approximate surface area is 259 Å². The van der Waals surface area contributed by atoms with E-state index in [9.17, 15) is 10.5 Å². The molecule has 0 bridgehead atoms. The predicted octanol–water partition coefficient (Wildman–Crippen LogP) is 8.19. The van der Waals surface area contributed by atoms with Gasteiger partial charge in [-0.2, -0.15) is 10.5 Å². The van der Waals surface area contributed by atoms with Crippen molar-refractivity contribution in [3.05, 3.63) is 118 Å². The lowest BCUT2D eigenvalue weighted by Crippen LogP contribution is -2.21. The largest absolute Gasteiger partial charge is 0.457 e. The van der Waals surface area contributed by atoms with Crippen LogP contribution in [-0.4, -0.2) is 26.7 Å². The molecule has 7 nitrogen and oxygen atoms in total. The number of allylic oxidation sites excluding steroid dienone is 10. The molecule has 0 aromatic heterocycles. The number of anilines is 2. The van der Waals surface area contributed by atoms with Crippen molar-refractivity contribution in [3.8, 4) is 23.6 Å². The second-order valence-corrected chi connectivity index (χ2v) is 10.7. The molecule has 0 saturated heterocycles. The molecule has 7 heteroatoms. The molecule has 44 heavy (non-hydrogen) atoms. The number of rotatable bonds is 7. The van der Waals surface area contributed by atoms with Crippen LogP contribution < -0.4 is 19.3 Å². The summed E-state index contributed by atoms with van der Waals surface area (Å²) in [5, 5.41) is 19.3. The van der Waals surface area contributed by atoms with Crippen LogP contribution in [0.3, 0.4) is 0 Å². The number of nitriles is 2. The summed E-state index contributed by atoms with van der Waals surface area (Å²) in [4.78, 5) is 4.41. The highest BCUT2D eigenvalue weighted by atomic mass is 16.5. The summed E-state index contributed by atoms with van der Waals surface area (Å²) >= 11 is 0. The highest BCUT2D eigenvalue weighted by molar-refractivity contribution is 5.77. The zero-order valence-corrected chi connectivity index (χ0v) is 26.1. The van der Waals surface area contributed by atoms with Gasteiger partial charge >= 0.3 is 0 Å². The molecule has 0 atom stereocenters. The van der Waals surface area contributed by atoms with Crippen molar-refractivity contribution in [2.75, 3.05) is 36.5 Å². The van der Waals surface area contributed by atoms with Gasteiger partial charge in [0.2, 0.25) is 0 Å². The zero-order chi connectivity index (χ0) is 31.4. The average molecular weight is 585 g/mol. The summed E-state index contributed by atoms with van der Waals surface area (Å²) in [6.07, 6.45) is 10.8. The van der Waals surface area contributed by atoms with E-state index in [-0.39, 0.29) is 5.57 Å². The molecular weight excluding hydrogens is 548 g/mol. The monoisotopic (exact) mass is 584 g/mol. The maximum atomic E-state index is 9.65. The summed E-state index contributed by atoms with van der Waals surface area (Å²) in [5.41, 5.74) is 6.76. The molecule has 0 unspecified atom stereocenters. The third-order valence-electron chi connectivity index (χ3n) is 7.91. The van der Waals surface area contributed by atoms with Gasteiger partial charge in [-0.15, -0.1) is 0 Å². The van der Waals surface area contributed by atoms with Crippen molar-refractivity contribution in [3.63, 3.8) is 0 Å². The van der Waals surface area contributed by atoms with Crippen LogP contribution in [0.2, 0.25) is 0 Å². The summed E-state index contributed by atoms with van der Waals surface area (Å²) in [6.45, 7) is 13.1. The van der Waals surface area contributed by atoms with E-state index in [1.807, 2.05) is 51.3 Å². The number of benzene rings is 2. The number of ether oxygens (including phenoxy) is 3. The molecule has 222 valence electrons. The van der Waals surface area contributed by atoms with Crippen molar-refractivity contribution in [2.24, 2.45) is 0 Å². The van der Waals surface area contributed by atoms with Gasteiger partial charge in [-0.05, 0) is 94.3 Å². The molecule has 0 fully saturated rings. The maximum absolute atomic E-state index is 9.65. The standard InChI is InChI=1S/C37H36N4O3/c1-7-40(6)28-10-12-34-24(4)14-30(43-36(34)18-28)20-32-16-26(27(22-38)23-39)17-33(42-32)21-31-15-25(5)35-13-11-29(19-37(35)44-31)41(8-2)9-3/h10-21H,7-9H2,1-6H3/b30-20-,31-21+. The normalized spacial score (nSPS) is 16.9. The van der Waals surface area contributed by atoms with Crippen LogP contribution in [0, 0.1) is 22.7 Å². The van der Waals surface area contributed by atoms with Crippen LogP contribution in [0.25, 0.3) is 11.1 Å². The molecule has 0 amide bonds. The minimum atomic E-state index is -0.0144. The van der Waals surface area contributed by atoms with Gasteiger partial charge in [0.25, 0.3) is 0 Å². The summed E-state index contributed by atoms with van der Waals surface area (Å²) in [5.74, 6) is 3.57. The molecule has 5 rings (SSSR count). The Morgan fingerprint density at radius 2 is 1.20 bits per heavy atom. The maximum Gasteiger partial charge on any atom is 0.137 e. The molecule has 3 aliphatic heterocycles. The lowest BCUT2D eigenvalue weighted by Gasteiger charge is -2.25. The van der Waals surface area contributed by atoms with Gasteiger partial charge in [0, 0.05) is 79.0 Å². The first kappa shape index (κ1) is 30.1. The zero-order valence-electron chi connectivity index (χ0n) is 26.1. The molecule has 3 aliphatic rings. The molecule has 2 aromatic carbocycles. The van der Waals surface area contributed by atoms with Crippen LogP contribution in [0.4, 0.5) is 11.4 Å². The first-order valence-corrected chi connectivity index (χ1v) is 14.8. The van der Waals surface area contributed by atoms with Gasteiger partial charge in [-0.25, -0.2) is 0 Å². The van der Waals surface area contributed by atoms with Crippen molar-refractivity contribution in [2.45, 2.75) is 34.6 Å². The Morgan fingerprint density at radius 1 is 0.705 bits per heavy atom. The number of nitrogens with zero attached hydrogens (tertiary/aromatic N) is 4. The fourth-order valence-corrected chi connectivity index (χ4v) is 5.35. The van der Waals surface area contributed by atoms with Crippen molar-refractivity contribution >= 4 is 22.5 Å². The number of fused-ring (bicyclic) bond motifs is 2. The van der Waals surface area contributed by atoms with Crippen LogP contribution in [0.1, 0.15) is 45.7 Å². The Morgan fingerprint density at radius 3 is 1.68 bits per heavy atom. The Balaban J connectivity index is 1.48. The van der Waals surface area contributed by atoms with Gasteiger partial charge < -0.3 is 24.0 Å². The molecule has 0 saturated carbocycles. The minimum absolute atomic E-state index is 0.0144. The van der Waals surface area contributed by atoms with E-state index >= 15 is 0 Å². The van der Waals surface area contributed by atoms with Crippen molar-refractivity contribution < 1.29 is 14.2 Å². The van der Waals surface area contributed by atoms with Crippen LogP contribution >= 0.6 is 0 Å². The van der Waals surface area contributed by atoms with E-state index in [4.69, 9.17) is 14.2 Å². The lowest BCUT2D eigenvalue weighted by molar-refractivity contribution is 0.322. The SMILES string of the molecule is CCN(C)c1ccc2c(c1)O/C(=C\C1=CC(=C(C#N)C#N)C=C(/C=C3\C=C(C)c4ccc(N(CC)CC)cc4O3)O1)C=C2C. The summed E-state index contributed by atoms with van der Waals surface area (Å²) < 4.78 is 18.9. The third-order valence-corrected chi connectivity index (χ3v) is 7.91. The Hall–Kier alpha value is -5.40. The topological polar surface area (TPSA) is 81.8 Å². The predicted molar refractivity (Wildman–Crippen MR) is 176 cm³/mol. The molecular formula is C37H36N4O3. The first-order valence-electron chi connectivity index (χ1n) is 14.8. The molecule has 3 heterocycles. The molecule has 0 radical (unpaired) electrons. The fourth-order valence-electron chi connectivity index (χ4n) is 5.35. The van der Waals surface area contributed by atoms with Crippen molar-refractivity contribution in [1.82, 2.24) is 0 Å². The molecule has 0 N–H and O–H groups in total. The van der Waals surface area contributed by atoms with Gasteiger partial charge in [-0.1, -0.05) is 0 Å². The molecule has 0 aliphatic carbocycles. The molecule has 0 spiro atoms. The van der Waals surface area contributed by atoms with E-state index in [0.717, 1.165) is 64.8 Å². The van der Waals surface area contributed by atoms with E-state index in [1.165, 1.54) is 0 Å². The quantitative estimate of drug-likeness (QED) is 0.304. The van der Waals surface area contributed by atoms with E-state index in [2.05, 4.69) is 60.9 Å². The first-order chi connectivity index (χ1) is 21.3. The van der Waals surface area contributed by atoms with Gasteiger partial charge in [-0.3, -0.25) is 0 Å². The second kappa shape index (κ2) is 12.9. The highest BCUT2D eigenvalue weighted by Gasteiger charge is 2.21. The van der Waals surface area contributed by atoms with Gasteiger partial charge in [0.15, 0.2) is 0 Å². The van der Waals surface area contributed by atoms with Gasteiger partial charge in [0.1, 0.15) is 52.2 Å².